The van der Waals surface area contributed by atoms with Crippen LogP contribution < -0.4 is 4.74 Å². The van der Waals surface area contributed by atoms with Gasteiger partial charge in [-0.3, -0.25) is 4.79 Å². The molecule has 4 rings (SSSR count). The zero-order valence-corrected chi connectivity index (χ0v) is 20.9. The Morgan fingerprint density at radius 3 is 2.06 bits per heavy atom. The van der Waals surface area contributed by atoms with Crippen LogP contribution in [0.25, 0.3) is 0 Å². The van der Waals surface area contributed by atoms with Gasteiger partial charge in [0.25, 0.3) is 5.91 Å². The summed E-state index contributed by atoms with van der Waals surface area (Å²) in [5.74, 6) is 1.03. The van der Waals surface area contributed by atoms with Gasteiger partial charge in [-0.05, 0) is 60.6 Å². The van der Waals surface area contributed by atoms with E-state index >= 15 is 0 Å². The van der Waals surface area contributed by atoms with Gasteiger partial charge in [0.15, 0.2) is 6.61 Å². The summed E-state index contributed by atoms with van der Waals surface area (Å²) in [7, 11) is -2.06. The average molecular weight is 493 g/mol. The van der Waals surface area contributed by atoms with Crippen molar-refractivity contribution in [3.05, 3.63) is 96.1 Å². The number of amides is 1. The number of rotatable bonds is 9. The predicted octanol–water partition coefficient (Wildman–Crippen LogP) is 4.37. The van der Waals surface area contributed by atoms with Crippen molar-refractivity contribution >= 4 is 15.9 Å². The lowest BCUT2D eigenvalue weighted by Gasteiger charge is -2.32. The molecule has 0 atom stereocenters. The number of nitrogens with zero attached hydrogens (tertiary/aromatic N) is 2. The fourth-order valence-corrected chi connectivity index (χ4v) is 5.54. The normalized spacial score (nSPS) is 14.7. The molecule has 0 aromatic heterocycles. The van der Waals surface area contributed by atoms with Crippen LogP contribution >= 0.6 is 0 Å². The Hall–Kier alpha value is -3.16. The highest BCUT2D eigenvalue weighted by Crippen LogP contribution is 2.23. The lowest BCUT2D eigenvalue weighted by molar-refractivity contribution is -0.134. The molecule has 0 aliphatic carbocycles. The highest BCUT2D eigenvalue weighted by molar-refractivity contribution is 7.89. The number of carbonyl (C=O) groups is 1. The molecule has 1 heterocycles. The Kier molecular flexibility index (Phi) is 8.21. The number of benzene rings is 3. The maximum absolute atomic E-state index is 12.9. The molecule has 6 nitrogen and oxygen atoms in total. The molecule has 3 aromatic carbocycles. The number of hydrogen-bond donors (Lipinski definition) is 0. The number of hydrogen-bond acceptors (Lipinski definition) is 4. The largest absolute Gasteiger partial charge is 0.484 e. The highest BCUT2D eigenvalue weighted by Gasteiger charge is 2.24. The first-order chi connectivity index (χ1) is 16.9. The van der Waals surface area contributed by atoms with Gasteiger partial charge in [-0.1, -0.05) is 60.7 Å². The van der Waals surface area contributed by atoms with Crippen LogP contribution in [0.15, 0.2) is 89.8 Å². The Labute approximate surface area is 208 Å². The maximum Gasteiger partial charge on any atom is 0.260 e. The first-order valence-electron chi connectivity index (χ1n) is 12.0. The SMILES string of the molecule is CN(Cc1ccccc1)S(=O)(=O)c1ccc(OCC(=O)N2CCC(Cc3ccccc3)CC2)cc1. The summed E-state index contributed by atoms with van der Waals surface area (Å²) >= 11 is 0. The molecule has 0 spiro atoms. The van der Waals surface area contributed by atoms with Crippen LogP contribution in [0.2, 0.25) is 0 Å². The van der Waals surface area contributed by atoms with Crippen molar-refractivity contribution < 1.29 is 17.9 Å². The predicted molar refractivity (Wildman–Crippen MR) is 136 cm³/mol. The summed E-state index contributed by atoms with van der Waals surface area (Å²) in [6, 6.07) is 26.2. The van der Waals surface area contributed by atoms with Crippen LogP contribution in [0.1, 0.15) is 24.0 Å². The van der Waals surface area contributed by atoms with Crippen molar-refractivity contribution in [1.29, 1.82) is 0 Å². The van der Waals surface area contributed by atoms with Crippen LogP contribution in [-0.4, -0.2) is 50.3 Å². The van der Waals surface area contributed by atoms with E-state index in [0.29, 0.717) is 11.7 Å². The first kappa shape index (κ1) is 24.9. The van der Waals surface area contributed by atoms with Crippen molar-refractivity contribution in [2.24, 2.45) is 5.92 Å². The van der Waals surface area contributed by atoms with E-state index in [9.17, 15) is 13.2 Å². The number of sulfonamides is 1. The molecule has 0 unspecified atom stereocenters. The van der Waals surface area contributed by atoms with E-state index < -0.39 is 10.0 Å². The zero-order chi connectivity index (χ0) is 24.7. The van der Waals surface area contributed by atoms with E-state index in [1.165, 1.54) is 22.0 Å². The minimum Gasteiger partial charge on any atom is -0.484 e. The van der Waals surface area contributed by atoms with E-state index in [0.717, 1.165) is 37.9 Å². The Balaban J connectivity index is 1.25. The van der Waals surface area contributed by atoms with Gasteiger partial charge in [-0.25, -0.2) is 8.42 Å². The minimum absolute atomic E-state index is 0.0394. The first-order valence-corrected chi connectivity index (χ1v) is 13.4. The minimum atomic E-state index is -3.63. The van der Waals surface area contributed by atoms with Crippen molar-refractivity contribution in [1.82, 2.24) is 9.21 Å². The quantitative estimate of drug-likeness (QED) is 0.445. The van der Waals surface area contributed by atoms with E-state index in [4.69, 9.17) is 4.74 Å². The van der Waals surface area contributed by atoms with E-state index in [1.54, 1.807) is 19.2 Å². The lowest BCUT2D eigenvalue weighted by Crippen LogP contribution is -2.41. The van der Waals surface area contributed by atoms with Crippen LogP contribution in [-0.2, 0) is 27.8 Å². The molecule has 0 bridgehead atoms. The summed E-state index contributed by atoms with van der Waals surface area (Å²) < 4.78 is 32.8. The Morgan fingerprint density at radius 2 is 1.46 bits per heavy atom. The summed E-state index contributed by atoms with van der Waals surface area (Å²) in [6.45, 7) is 1.72. The molecule has 1 amide bonds. The van der Waals surface area contributed by atoms with Crippen LogP contribution in [0.5, 0.6) is 5.75 Å². The molecule has 1 aliphatic rings. The number of likely N-dealkylation sites (tertiary alicyclic amines) is 1. The van der Waals surface area contributed by atoms with Gasteiger partial charge < -0.3 is 9.64 Å². The standard InChI is InChI=1S/C28H32N2O4S/c1-29(21-25-10-6-3-7-11-25)35(32,33)27-14-12-26(13-15-27)34-22-28(31)30-18-16-24(17-19-30)20-23-8-4-2-5-9-23/h2-15,24H,16-22H2,1H3. The third-order valence-corrected chi connectivity index (χ3v) is 8.29. The highest BCUT2D eigenvalue weighted by atomic mass is 32.2. The van der Waals surface area contributed by atoms with Crippen LogP contribution in [0, 0.1) is 5.92 Å². The number of piperidine rings is 1. The molecule has 1 fully saturated rings. The van der Waals surface area contributed by atoms with Crippen molar-refractivity contribution in [2.75, 3.05) is 26.7 Å². The van der Waals surface area contributed by atoms with E-state index in [1.807, 2.05) is 41.3 Å². The number of carbonyl (C=O) groups excluding carboxylic acids is 1. The topological polar surface area (TPSA) is 66.9 Å². The third kappa shape index (κ3) is 6.71. The zero-order valence-electron chi connectivity index (χ0n) is 20.0. The van der Waals surface area contributed by atoms with Crippen LogP contribution in [0.4, 0.5) is 0 Å². The molecule has 0 radical (unpaired) electrons. The van der Waals surface area contributed by atoms with Gasteiger partial charge in [-0.2, -0.15) is 4.31 Å². The van der Waals surface area contributed by atoms with Crippen molar-refractivity contribution in [3.63, 3.8) is 0 Å². The number of ether oxygens (including phenoxy) is 1. The average Bonchev–Trinajstić information content (AvgIpc) is 2.89. The van der Waals surface area contributed by atoms with E-state index in [2.05, 4.69) is 24.3 Å². The second-order valence-electron chi connectivity index (χ2n) is 9.02. The monoisotopic (exact) mass is 492 g/mol. The second kappa shape index (κ2) is 11.5. The third-order valence-electron chi connectivity index (χ3n) is 6.48. The summed E-state index contributed by atoms with van der Waals surface area (Å²) in [4.78, 5) is 14.7. The molecule has 1 aliphatic heterocycles. The Bertz CT molecular complexity index is 1190. The van der Waals surface area contributed by atoms with Gasteiger partial charge in [0.05, 0.1) is 4.90 Å². The fraction of sp³-hybridized carbons (Fsp3) is 0.321. The molecule has 35 heavy (non-hydrogen) atoms. The summed E-state index contributed by atoms with van der Waals surface area (Å²) in [5, 5.41) is 0. The van der Waals surface area contributed by atoms with Crippen molar-refractivity contribution in [2.45, 2.75) is 30.7 Å². The molecule has 0 N–H and O–H groups in total. The molecular formula is C28H32N2O4S. The Morgan fingerprint density at radius 1 is 0.886 bits per heavy atom. The summed E-state index contributed by atoms with van der Waals surface area (Å²) in [6.07, 6.45) is 3.03. The molecule has 184 valence electrons. The van der Waals surface area contributed by atoms with Crippen LogP contribution in [0.3, 0.4) is 0 Å². The van der Waals surface area contributed by atoms with Gasteiger partial charge in [0, 0.05) is 26.7 Å². The fourth-order valence-electron chi connectivity index (χ4n) is 4.38. The maximum atomic E-state index is 12.9. The van der Waals surface area contributed by atoms with E-state index in [-0.39, 0.29) is 24.0 Å². The van der Waals surface area contributed by atoms with Gasteiger partial charge >= 0.3 is 0 Å². The second-order valence-corrected chi connectivity index (χ2v) is 11.1. The molecule has 3 aromatic rings. The smallest absolute Gasteiger partial charge is 0.260 e. The van der Waals surface area contributed by atoms with Gasteiger partial charge in [0.1, 0.15) is 5.75 Å². The molecular weight excluding hydrogens is 460 g/mol. The van der Waals surface area contributed by atoms with Gasteiger partial charge in [0.2, 0.25) is 10.0 Å². The molecule has 7 heteroatoms. The summed E-state index contributed by atoms with van der Waals surface area (Å²) in [5.41, 5.74) is 2.26. The van der Waals surface area contributed by atoms with Crippen molar-refractivity contribution in [3.8, 4) is 5.75 Å². The molecule has 1 saturated heterocycles. The van der Waals surface area contributed by atoms with Gasteiger partial charge in [-0.15, -0.1) is 0 Å². The lowest BCUT2D eigenvalue weighted by atomic mass is 9.90. The molecule has 0 saturated carbocycles.